The summed E-state index contributed by atoms with van der Waals surface area (Å²) in [5.41, 5.74) is 0. The van der Waals surface area contributed by atoms with Crippen LogP contribution in [0.4, 0.5) is 0 Å². The van der Waals surface area contributed by atoms with Crippen LogP contribution in [0.25, 0.3) is 0 Å². The first-order valence-corrected chi connectivity index (χ1v) is 8.26. The molecule has 0 bridgehead atoms. The van der Waals surface area contributed by atoms with Crippen LogP contribution in [0.5, 0.6) is 0 Å². The van der Waals surface area contributed by atoms with Crippen molar-refractivity contribution in [2.45, 2.75) is 18.6 Å². The smallest absolute Gasteiger partial charge is 0.480 e. The Balaban J connectivity index is 3.62. The SMILES string of the molecule is CO[Si](CCCOCC(O)CNCC(=O)O)(OC)OC. The highest BCUT2D eigenvalue weighted by Crippen LogP contribution is 2.14. The maximum absolute atomic E-state index is 10.3. The molecule has 120 valence electrons. The largest absolute Gasteiger partial charge is 0.500 e. The molecule has 0 heterocycles. The van der Waals surface area contributed by atoms with Crippen molar-refractivity contribution in [2.75, 3.05) is 47.6 Å². The van der Waals surface area contributed by atoms with Gasteiger partial charge in [0.2, 0.25) is 0 Å². The Bertz CT molecular complexity index is 255. The number of rotatable bonds is 13. The average Bonchev–Trinajstić information content (AvgIpc) is 2.43. The van der Waals surface area contributed by atoms with Crippen molar-refractivity contribution in [2.24, 2.45) is 0 Å². The normalized spacial score (nSPS) is 13.4. The molecule has 0 spiro atoms. The number of aliphatic hydroxyl groups excluding tert-OH is 1. The zero-order chi connectivity index (χ0) is 15.4. The third-order valence-corrected chi connectivity index (χ3v) is 5.50. The highest BCUT2D eigenvalue weighted by molar-refractivity contribution is 6.60. The van der Waals surface area contributed by atoms with Gasteiger partial charge in [-0.2, -0.15) is 0 Å². The van der Waals surface area contributed by atoms with Crippen molar-refractivity contribution in [1.82, 2.24) is 5.32 Å². The van der Waals surface area contributed by atoms with Crippen LogP contribution in [0, 0.1) is 0 Å². The van der Waals surface area contributed by atoms with Gasteiger partial charge in [0.15, 0.2) is 0 Å². The lowest BCUT2D eigenvalue weighted by atomic mass is 10.4. The molecule has 20 heavy (non-hydrogen) atoms. The average molecular weight is 311 g/mol. The van der Waals surface area contributed by atoms with Crippen molar-refractivity contribution in [3.05, 3.63) is 0 Å². The van der Waals surface area contributed by atoms with Crippen LogP contribution in [0.15, 0.2) is 0 Å². The van der Waals surface area contributed by atoms with E-state index in [-0.39, 0.29) is 19.7 Å². The van der Waals surface area contributed by atoms with Gasteiger partial charge < -0.3 is 33.5 Å². The van der Waals surface area contributed by atoms with Gasteiger partial charge in [-0.25, -0.2) is 0 Å². The van der Waals surface area contributed by atoms with E-state index in [2.05, 4.69) is 5.32 Å². The van der Waals surface area contributed by atoms with E-state index in [1.54, 1.807) is 21.3 Å². The number of aliphatic carboxylic acids is 1. The van der Waals surface area contributed by atoms with Crippen LogP contribution in [-0.4, -0.2) is 78.7 Å². The molecule has 8 nitrogen and oxygen atoms in total. The first-order valence-electron chi connectivity index (χ1n) is 6.33. The molecule has 0 aromatic carbocycles. The van der Waals surface area contributed by atoms with Crippen LogP contribution in [0.2, 0.25) is 6.04 Å². The van der Waals surface area contributed by atoms with Crippen LogP contribution >= 0.6 is 0 Å². The van der Waals surface area contributed by atoms with E-state index in [4.69, 9.17) is 23.1 Å². The fourth-order valence-corrected chi connectivity index (χ4v) is 3.26. The molecule has 9 heteroatoms. The summed E-state index contributed by atoms with van der Waals surface area (Å²) in [7, 11) is 2.11. The molecule has 0 fully saturated rings. The lowest BCUT2D eigenvalue weighted by Crippen LogP contribution is -2.42. The summed E-state index contributed by atoms with van der Waals surface area (Å²) in [4.78, 5) is 10.3. The molecule has 0 aliphatic carbocycles. The van der Waals surface area contributed by atoms with E-state index in [1.807, 2.05) is 0 Å². The third-order valence-electron chi connectivity index (χ3n) is 2.67. The lowest BCUT2D eigenvalue weighted by molar-refractivity contribution is -0.136. The molecule has 0 aliphatic rings. The summed E-state index contributed by atoms with van der Waals surface area (Å²) >= 11 is 0. The van der Waals surface area contributed by atoms with Gasteiger partial charge in [0.1, 0.15) is 0 Å². The molecule has 1 unspecified atom stereocenters. The van der Waals surface area contributed by atoms with E-state index in [9.17, 15) is 9.90 Å². The summed E-state index contributed by atoms with van der Waals surface area (Å²) in [5.74, 6) is -0.960. The Morgan fingerprint density at radius 3 is 2.35 bits per heavy atom. The number of hydrogen-bond donors (Lipinski definition) is 3. The van der Waals surface area contributed by atoms with Crippen LogP contribution in [0.3, 0.4) is 0 Å². The molecular formula is C11H25NO7Si. The minimum Gasteiger partial charge on any atom is -0.480 e. The highest BCUT2D eigenvalue weighted by atomic mass is 28.4. The predicted molar refractivity (Wildman–Crippen MR) is 73.5 cm³/mol. The molecule has 3 N–H and O–H groups in total. The molecule has 0 aromatic rings. The van der Waals surface area contributed by atoms with E-state index in [1.165, 1.54) is 0 Å². The molecule has 0 radical (unpaired) electrons. The van der Waals surface area contributed by atoms with Gasteiger partial charge in [0.25, 0.3) is 0 Å². The number of aliphatic hydroxyl groups is 1. The molecule has 0 saturated carbocycles. The number of hydrogen-bond acceptors (Lipinski definition) is 7. The van der Waals surface area contributed by atoms with Gasteiger partial charge >= 0.3 is 14.8 Å². The minimum atomic E-state index is -2.55. The first-order chi connectivity index (χ1) is 9.49. The van der Waals surface area contributed by atoms with E-state index < -0.39 is 20.9 Å². The van der Waals surface area contributed by atoms with E-state index in [0.29, 0.717) is 19.1 Å². The second-order valence-corrected chi connectivity index (χ2v) is 7.24. The number of carbonyl (C=O) groups is 1. The third kappa shape index (κ3) is 8.58. The van der Waals surface area contributed by atoms with Gasteiger partial charge in [-0.05, 0) is 6.42 Å². The van der Waals surface area contributed by atoms with Crippen molar-refractivity contribution >= 4 is 14.8 Å². The summed E-state index contributed by atoms with van der Waals surface area (Å²) in [6, 6.07) is 0.629. The number of ether oxygens (including phenoxy) is 1. The van der Waals surface area contributed by atoms with Gasteiger partial charge in [0.05, 0.1) is 19.3 Å². The van der Waals surface area contributed by atoms with Crippen molar-refractivity contribution in [3.63, 3.8) is 0 Å². The Morgan fingerprint density at radius 1 is 1.25 bits per heavy atom. The summed E-state index contributed by atoms with van der Waals surface area (Å²) in [5, 5.41) is 20.5. The minimum absolute atomic E-state index is 0.147. The molecule has 0 aliphatic heterocycles. The molecule has 0 amide bonds. The molecule has 1 atom stereocenters. The monoisotopic (exact) mass is 311 g/mol. The topological polar surface area (TPSA) is 106 Å². The Kier molecular flexibility index (Phi) is 10.8. The Morgan fingerprint density at radius 2 is 1.85 bits per heavy atom. The quantitative estimate of drug-likeness (QED) is 0.303. The highest BCUT2D eigenvalue weighted by Gasteiger charge is 2.36. The van der Waals surface area contributed by atoms with Gasteiger partial charge in [0, 0.05) is 40.5 Å². The second kappa shape index (κ2) is 11.1. The predicted octanol–water partition coefficient (Wildman–Crippen LogP) is -0.694. The lowest BCUT2D eigenvalue weighted by Gasteiger charge is -2.24. The van der Waals surface area contributed by atoms with Crippen LogP contribution in [-0.2, 0) is 22.8 Å². The van der Waals surface area contributed by atoms with Crippen molar-refractivity contribution in [1.29, 1.82) is 0 Å². The number of nitrogens with one attached hydrogen (secondary N) is 1. The standard InChI is InChI=1S/C11H25NO7Si/c1-16-20(17-2,18-3)6-4-5-19-9-10(13)7-12-8-11(14)15/h10,12-13H,4-9H2,1-3H3,(H,14,15). The first kappa shape index (κ1) is 19.4. The van der Waals surface area contributed by atoms with Crippen molar-refractivity contribution in [3.8, 4) is 0 Å². The van der Waals surface area contributed by atoms with E-state index in [0.717, 1.165) is 0 Å². The Labute approximate surface area is 120 Å². The van der Waals surface area contributed by atoms with Gasteiger partial charge in [-0.1, -0.05) is 0 Å². The van der Waals surface area contributed by atoms with Crippen LogP contribution < -0.4 is 5.32 Å². The maximum atomic E-state index is 10.3. The fourth-order valence-electron chi connectivity index (χ4n) is 1.57. The van der Waals surface area contributed by atoms with Crippen LogP contribution in [0.1, 0.15) is 6.42 Å². The Hall–Kier alpha value is -0.553. The number of carboxylic acid groups (broad SMARTS) is 1. The fraction of sp³-hybridized carbons (Fsp3) is 0.909. The summed E-state index contributed by atoms with van der Waals surface area (Å²) in [6.07, 6.45) is -0.0413. The summed E-state index contributed by atoms with van der Waals surface area (Å²) in [6.45, 7) is 0.592. The molecule has 0 rings (SSSR count). The second-order valence-electron chi connectivity index (χ2n) is 4.15. The van der Waals surface area contributed by atoms with Gasteiger partial charge in [-0.3, -0.25) is 4.79 Å². The number of carboxylic acids is 1. The maximum Gasteiger partial charge on any atom is 0.500 e. The summed E-state index contributed by atoms with van der Waals surface area (Å²) < 4.78 is 21.1. The zero-order valence-corrected chi connectivity index (χ0v) is 13.3. The zero-order valence-electron chi connectivity index (χ0n) is 12.3. The molecule has 0 aromatic heterocycles. The molecular weight excluding hydrogens is 286 g/mol. The van der Waals surface area contributed by atoms with E-state index >= 15 is 0 Å². The molecule has 0 saturated heterocycles. The van der Waals surface area contributed by atoms with Gasteiger partial charge in [-0.15, -0.1) is 0 Å². The van der Waals surface area contributed by atoms with Crippen molar-refractivity contribution < 1.29 is 33.0 Å².